The molecule has 0 radical (unpaired) electrons. The number of thiophene rings is 1. The second-order valence-corrected chi connectivity index (χ2v) is 5.84. The predicted octanol–water partition coefficient (Wildman–Crippen LogP) is 3.15. The van der Waals surface area contributed by atoms with Crippen LogP contribution in [0.15, 0.2) is 29.6 Å². The second-order valence-electron chi connectivity index (χ2n) is 4.40. The second kappa shape index (κ2) is 7.91. The van der Waals surface area contributed by atoms with Gasteiger partial charge in [-0.05, 0) is 11.4 Å². The molecule has 1 amide bonds. The standard InChI is InChI=1S/C15H17ClN2O3S/c1-20-13-7-12(14(21-2)6-11(13)16)17-9-15(19)18-8-10-4-3-5-22-10/h3-7,17H,8-9H2,1-2H3,(H,18,19). The summed E-state index contributed by atoms with van der Waals surface area (Å²) in [4.78, 5) is 13.0. The number of ether oxygens (including phenoxy) is 2. The minimum absolute atomic E-state index is 0.107. The SMILES string of the molecule is COc1cc(NCC(=O)NCc2cccs2)c(OC)cc1Cl. The Kier molecular flexibility index (Phi) is 5.91. The lowest BCUT2D eigenvalue weighted by Gasteiger charge is -2.13. The molecular weight excluding hydrogens is 324 g/mol. The van der Waals surface area contributed by atoms with E-state index in [4.69, 9.17) is 21.1 Å². The molecule has 1 aromatic heterocycles. The average molecular weight is 341 g/mol. The van der Waals surface area contributed by atoms with Gasteiger partial charge >= 0.3 is 0 Å². The zero-order valence-corrected chi connectivity index (χ0v) is 13.9. The maximum absolute atomic E-state index is 11.9. The van der Waals surface area contributed by atoms with E-state index in [1.54, 1.807) is 30.6 Å². The lowest BCUT2D eigenvalue weighted by Crippen LogP contribution is -2.29. The van der Waals surface area contributed by atoms with E-state index in [-0.39, 0.29) is 12.5 Å². The molecule has 0 atom stereocenters. The van der Waals surface area contributed by atoms with Crippen LogP contribution in [0.2, 0.25) is 5.02 Å². The number of carbonyl (C=O) groups excluding carboxylic acids is 1. The normalized spacial score (nSPS) is 10.1. The van der Waals surface area contributed by atoms with Crippen LogP contribution in [0, 0.1) is 0 Å². The van der Waals surface area contributed by atoms with Crippen molar-refractivity contribution in [1.29, 1.82) is 0 Å². The van der Waals surface area contributed by atoms with E-state index in [2.05, 4.69) is 10.6 Å². The molecule has 0 aliphatic rings. The molecule has 118 valence electrons. The molecule has 22 heavy (non-hydrogen) atoms. The van der Waals surface area contributed by atoms with E-state index in [1.165, 1.54) is 7.11 Å². The fraction of sp³-hybridized carbons (Fsp3) is 0.267. The lowest BCUT2D eigenvalue weighted by atomic mass is 10.2. The van der Waals surface area contributed by atoms with Gasteiger partial charge in [0.15, 0.2) is 0 Å². The molecule has 0 spiro atoms. The third-order valence-electron chi connectivity index (χ3n) is 2.95. The smallest absolute Gasteiger partial charge is 0.239 e. The molecule has 0 aliphatic carbocycles. The van der Waals surface area contributed by atoms with Crippen LogP contribution in [0.25, 0.3) is 0 Å². The zero-order chi connectivity index (χ0) is 15.9. The summed E-state index contributed by atoms with van der Waals surface area (Å²) in [6.45, 7) is 0.659. The number of halogens is 1. The van der Waals surface area contributed by atoms with Crippen molar-refractivity contribution >= 4 is 34.5 Å². The largest absolute Gasteiger partial charge is 0.495 e. The molecular formula is C15H17ClN2O3S. The van der Waals surface area contributed by atoms with E-state index >= 15 is 0 Å². The number of hydrogen-bond donors (Lipinski definition) is 2. The molecule has 5 nitrogen and oxygen atoms in total. The molecule has 2 rings (SSSR count). The first kappa shape index (κ1) is 16.5. The molecule has 0 bridgehead atoms. The highest BCUT2D eigenvalue weighted by Crippen LogP contribution is 2.35. The Morgan fingerprint density at radius 2 is 2.05 bits per heavy atom. The minimum atomic E-state index is -0.107. The highest BCUT2D eigenvalue weighted by Gasteiger charge is 2.11. The van der Waals surface area contributed by atoms with Crippen LogP contribution in [0.3, 0.4) is 0 Å². The Hall–Kier alpha value is -1.92. The van der Waals surface area contributed by atoms with Crippen molar-refractivity contribution in [3.8, 4) is 11.5 Å². The highest BCUT2D eigenvalue weighted by molar-refractivity contribution is 7.09. The molecule has 0 fully saturated rings. The van der Waals surface area contributed by atoms with Crippen LogP contribution in [-0.4, -0.2) is 26.7 Å². The number of hydrogen-bond acceptors (Lipinski definition) is 5. The first-order chi connectivity index (χ1) is 10.6. The number of carbonyl (C=O) groups is 1. The molecule has 7 heteroatoms. The van der Waals surface area contributed by atoms with Crippen LogP contribution >= 0.6 is 22.9 Å². The van der Waals surface area contributed by atoms with Gasteiger partial charge in [-0.2, -0.15) is 0 Å². The molecule has 2 N–H and O–H groups in total. The fourth-order valence-electron chi connectivity index (χ4n) is 1.84. The summed E-state index contributed by atoms with van der Waals surface area (Å²) in [6, 6.07) is 7.28. The van der Waals surface area contributed by atoms with Crippen molar-refractivity contribution in [2.24, 2.45) is 0 Å². The third-order valence-corrected chi connectivity index (χ3v) is 4.12. The number of rotatable bonds is 7. The summed E-state index contributed by atoms with van der Waals surface area (Å²) in [5.41, 5.74) is 0.648. The summed E-state index contributed by atoms with van der Waals surface area (Å²) < 4.78 is 10.4. The van der Waals surface area contributed by atoms with Crippen molar-refractivity contribution in [3.63, 3.8) is 0 Å². The van der Waals surface area contributed by atoms with Gasteiger partial charge in [0, 0.05) is 17.0 Å². The summed E-state index contributed by atoms with van der Waals surface area (Å²) in [5, 5.41) is 8.30. The van der Waals surface area contributed by atoms with E-state index in [1.807, 2.05) is 17.5 Å². The van der Waals surface area contributed by atoms with Gasteiger partial charge in [-0.15, -0.1) is 11.3 Å². The van der Waals surface area contributed by atoms with Crippen molar-refractivity contribution in [2.75, 3.05) is 26.1 Å². The van der Waals surface area contributed by atoms with Crippen LogP contribution < -0.4 is 20.1 Å². The summed E-state index contributed by atoms with van der Waals surface area (Å²) >= 11 is 7.64. The van der Waals surface area contributed by atoms with Crippen molar-refractivity contribution in [1.82, 2.24) is 5.32 Å². The van der Waals surface area contributed by atoms with Crippen LogP contribution in [0.1, 0.15) is 4.88 Å². The molecule has 1 aromatic carbocycles. The fourth-order valence-corrected chi connectivity index (χ4v) is 2.71. The maximum Gasteiger partial charge on any atom is 0.239 e. The molecule has 0 saturated heterocycles. The van der Waals surface area contributed by atoms with Gasteiger partial charge in [0.1, 0.15) is 11.5 Å². The predicted molar refractivity (Wildman–Crippen MR) is 89.2 cm³/mol. The van der Waals surface area contributed by atoms with Crippen molar-refractivity contribution in [3.05, 3.63) is 39.5 Å². The third kappa shape index (κ3) is 4.29. The number of benzene rings is 1. The summed E-state index contributed by atoms with van der Waals surface area (Å²) in [7, 11) is 3.07. The topological polar surface area (TPSA) is 59.6 Å². The van der Waals surface area contributed by atoms with E-state index in [0.29, 0.717) is 28.8 Å². The van der Waals surface area contributed by atoms with E-state index < -0.39 is 0 Å². The van der Waals surface area contributed by atoms with Crippen molar-refractivity contribution in [2.45, 2.75) is 6.54 Å². The van der Waals surface area contributed by atoms with Crippen LogP contribution in [0.4, 0.5) is 5.69 Å². The Bertz CT molecular complexity index is 632. The van der Waals surface area contributed by atoms with E-state index in [9.17, 15) is 4.79 Å². The van der Waals surface area contributed by atoms with Gasteiger partial charge < -0.3 is 20.1 Å². The van der Waals surface area contributed by atoms with Crippen LogP contribution in [-0.2, 0) is 11.3 Å². The highest BCUT2D eigenvalue weighted by atomic mass is 35.5. The Morgan fingerprint density at radius 3 is 2.68 bits per heavy atom. The Balaban J connectivity index is 1.93. The zero-order valence-electron chi connectivity index (χ0n) is 12.3. The van der Waals surface area contributed by atoms with Gasteiger partial charge in [-0.25, -0.2) is 0 Å². The molecule has 0 aliphatic heterocycles. The lowest BCUT2D eigenvalue weighted by molar-refractivity contribution is -0.119. The first-order valence-electron chi connectivity index (χ1n) is 6.58. The summed E-state index contributed by atoms with van der Waals surface area (Å²) in [6.07, 6.45) is 0. The maximum atomic E-state index is 11.9. The average Bonchev–Trinajstić information content (AvgIpc) is 3.04. The quantitative estimate of drug-likeness (QED) is 0.813. The minimum Gasteiger partial charge on any atom is -0.495 e. The van der Waals surface area contributed by atoms with Gasteiger partial charge in [-0.1, -0.05) is 17.7 Å². The van der Waals surface area contributed by atoms with Gasteiger partial charge in [0.25, 0.3) is 0 Å². The summed E-state index contributed by atoms with van der Waals surface area (Å²) in [5.74, 6) is 0.963. The van der Waals surface area contributed by atoms with Gasteiger partial charge in [-0.3, -0.25) is 4.79 Å². The number of anilines is 1. The van der Waals surface area contributed by atoms with Crippen molar-refractivity contribution < 1.29 is 14.3 Å². The Labute approximate surface area is 138 Å². The Morgan fingerprint density at radius 1 is 1.27 bits per heavy atom. The molecule has 0 saturated carbocycles. The number of nitrogens with one attached hydrogen (secondary N) is 2. The molecule has 0 unspecified atom stereocenters. The number of methoxy groups -OCH3 is 2. The van der Waals surface area contributed by atoms with Gasteiger partial charge in [0.05, 0.1) is 38.0 Å². The molecule has 1 heterocycles. The van der Waals surface area contributed by atoms with Crippen LogP contribution in [0.5, 0.6) is 11.5 Å². The van der Waals surface area contributed by atoms with Gasteiger partial charge in [0.2, 0.25) is 5.91 Å². The van der Waals surface area contributed by atoms with E-state index in [0.717, 1.165) is 4.88 Å². The number of amides is 1. The molecule has 2 aromatic rings. The monoisotopic (exact) mass is 340 g/mol. The first-order valence-corrected chi connectivity index (χ1v) is 7.84.